The van der Waals surface area contributed by atoms with Gasteiger partial charge in [-0.1, -0.05) is 0 Å². The summed E-state index contributed by atoms with van der Waals surface area (Å²) in [5.41, 5.74) is 4.91. The summed E-state index contributed by atoms with van der Waals surface area (Å²) < 4.78 is 37.1. The molecule has 0 radical (unpaired) electrons. The van der Waals surface area contributed by atoms with Crippen molar-refractivity contribution in [3.8, 4) is 0 Å². The summed E-state index contributed by atoms with van der Waals surface area (Å²) in [5, 5.41) is 3.44. The van der Waals surface area contributed by atoms with Gasteiger partial charge in [0, 0.05) is 6.20 Å². The van der Waals surface area contributed by atoms with Gasteiger partial charge in [0.1, 0.15) is 15.7 Å². The highest BCUT2D eigenvalue weighted by Gasteiger charge is 2.30. The number of nitrogens with zero attached hydrogens (tertiary/aromatic N) is 2. The quantitative estimate of drug-likeness (QED) is 0.908. The van der Waals surface area contributed by atoms with Gasteiger partial charge in [-0.2, -0.15) is 13.2 Å². The Morgan fingerprint density at radius 1 is 1.43 bits per heavy atom. The second-order valence-electron chi connectivity index (χ2n) is 4.17. The number of amides is 1. The van der Waals surface area contributed by atoms with E-state index in [4.69, 9.17) is 5.73 Å². The van der Waals surface area contributed by atoms with E-state index in [1.807, 2.05) is 0 Å². The minimum Gasteiger partial charge on any atom is -0.365 e. The normalized spacial score (nSPS) is 11.4. The van der Waals surface area contributed by atoms with E-state index >= 15 is 0 Å². The Morgan fingerprint density at radius 2 is 2.14 bits per heavy atom. The van der Waals surface area contributed by atoms with E-state index in [1.165, 1.54) is 6.07 Å². The molecule has 0 saturated heterocycles. The van der Waals surface area contributed by atoms with Crippen LogP contribution < -0.4 is 11.1 Å². The number of hydrogen-bond acceptors (Lipinski definition) is 5. The molecule has 112 valence electrons. The van der Waals surface area contributed by atoms with Crippen LogP contribution in [-0.2, 0) is 12.7 Å². The Kier molecular flexibility index (Phi) is 4.12. The highest BCUT2D eigenvalue weighted by Crippen LogP contribution is 2.29. The number of carbonyl (C=O) groups excluding carboxylic acids is 1. The van der Waals surface area contributed by atoms with E-state index in [-0.39, 0.29) is 12.4 Å². The number of aromatic nitrogens is 2. The average Bonchev–Trinajstić information content (AvgIpc) is 2.77. The summed E-state index contributed by atoms with van der Waals surface area (Å²) in [7, 11) is 0. The number of pyridine rings is 1. The molecule has 0 spiro atoms. The number of carbonyl (C=O) groups is 1. The first-order chi connectivity index (χ1) is 9.77. The Balaban J connectivity index is 2.03. The van der Waals surface area contributed by atoms with Crippen LogP contribution >= 0.6 is 11.3 Å². The van der Waals surface area contributed by atoms with E-state index in [9.17, 15) is 18.0 Å². The molecule has 0 aromatic carbocycles. The lowest BCUT2D eigenvalue weighted by Gasteiger charge is -2.07. The predicted octanol–water partition coefficient (Wildman–Crippen LogP) is 2.58. The predicted molar refractivity (Wildman–Crippen MR) is 71.9 cm³/mol. The van der Waals surface area contributed by atoms with Gasteiger partial charge in [0.25, 0.3) is 5.91 Å². The molecular formula is C12H11F3N4OS. The van der Waals surface area contributed by atoms with Crippen molar-refractivity contribution >= 4 is 23.1 Å². The fourth-order valence-electron chi connectivity index (χ4n) is 1.59. The lowest BCUT2D eigenvalue weighted by Crippen LogP contribution is -2.10. The molecule has 2 aromatic heterocycles. The van der Waals surface area contributed by atoms with Crippen molar-refractivity contribution in [2.24, 2.45) is 5.73 Å². The van der Waals surface area contributed by atoms with Crippen LogP contribution in [-0.4, -0.2) is 15.9 Å². The number of nitrogens with one attached hydrogen (secondary N) is 1. The number of aryl methyl sites for hydroxylation is 1. The highest BCUT2D eigenvalue weighted by atomic mass is 32.1. The van der Waals surface area contributed by atoms with Crippen molar-refractivity contribution in [3.63, 3.8) is 0 Å². The molecule has 0 aliphatic rings. The number of rotatable bonds is 4. The zero-order valence-corrected chi connectivity index (χ0v) is 11.7. The molecule has 0 aliphatic heterocycles. The largest absolute Gasteiger partial charge is 0.417 e. The number of alkyl halides is 3. The van der Waals surface area contributed by atoms with Crippen LogP contribution in [0.1, 0.15) is 25.9 Å². The van der Waals surface area contributed by atoms with Gasteiger partial charge in [-0.25, -0.2) is 9.97 Å². The molecule has 3 N–H and O–H groups in total. The Bertz CT molecular complexity index is 652. The molecule has 5 nitrogen and oxygen atoms in total. The minimum atomic E-state index is -4.41. The third-order valence-electron chi connectivity index (χ3n) is 2.58. The van der Waals surface area contributed by atoms with Crippen LogP contribution in [0.5, 0.6) is 0 Å². The fraction of sp³-hybridized carbons (Fsp3) is 0.250. The standard InChI is InChI=1S/C12H11F3N4OS/c1-6-10(11(16)20)21-9(19-6)5-18-8-3-2-7(4-17-8)12(13,14)15/h2-4H,5H2,1H3,(H2,16,20)(H,17,18). The van der Waals surface area contributed by atoms with E-state index in [0.29, 0.717) is 15.6 Å². The van der Waals surface area contributed by atoms with Crippen molar-refractivity contribution in [1.82, 2.24) is 9.97 Å². The van der Waals surface area contributed by atoms with Crippen molar-refractivity contribution in [2.45, 2.75) is 19.6 Å². The molecule has 1 amide bonds. The maximum absolute atomic E-state index is 12.4. The monoisotopic (exact) mass is 316 g/mol. The van der Waals surface area contributed by atoms with Gasteiger partial charge in [-0.15, -0.1) is 11.3 Å². The van der Waals surface area contributed by atoms with Gasteiger partial charge in [-0.3, -0.25) is 4.79 Å². The first kappa shape index (κ1) is 15.2. The van der Waals surface area contributed by atoms with E-state index in [1.54, 1.807) is 6.92 Å². The molecule has 0 aliphatic carbocycles. The molecule has 0 fully saturated rings. The summed E-state index contributed by atoms with van der Waals surface area (Å²) in [6, 6.07) is 2.18. The summed E-state index contributed by atoms with van der Waals surface area (Å²) in [6.07, 6.45) is -3.65. The first-order valence-corrected chi connectivity index (χ1v) is 6.62. The fourth-order valence-corrected chi connectivity index (χ4v) is 2.45. The number of nitrogens with two attached hydrogens (primary N) is 1. The number of thiazole rings is 1. The molecule has 0 bridgehead atoms. The van der Waals surface area contributed by atoms with Crippen molar-refractivity contribution in [1.29, 1.82) is 0 Å². The Labute approximate surface area is 122 Å². The lowest BCUT2D eigenvalue weighted by molar-refractivity contribution is -0.137. The van der Waals surface area contributed by atoms with E-state index in [2.05, 4.69) is 15.3 Å². The maximum atomic E-state index is 12.4. The zero-order valence-electron chi connectivity index (χ0n) is 10.9. The summed E-state index contributed by atoms with van der Waals surface area (Å²) in [4.78, 5) is 19.3. The van der Waals surface area contributed by atoms with Gasteiger partial charge in [-0.05, 0) is 19.1 Å². The lowest BCUT2D eigenvalue weighted by atomic mass is 10.3. The van der Waals surface area contributed by atoms with Crippen molar-refractivity contribution in [3.05, 3.63) is 39.5 Å². The molecule has 2 rings (SSSR count). The second kappa shape index (κ2) is 5.68. The zero-order chi connectivity index (χ0) is 15.6. The summed E-state index contributed by atoms with van der Waals surface area (Å²) >= 11 is 1.14. The average molecular weight is 316 g/mol. The van der Waals surface area contributed by atoms with Crippen LogP contribution in [0.25, 0.3) is 0 Å². The molecule has 0 saturated carbocycles. The number of anilines is 1. The van der Waals surface area contributed by atoms with Crippen LogP contribution in [0.4, 0.5) is 19.0 Å². The molecule has 9 heteroatoms. The molecular weight excluding hydrogens is 305 g/mol. The smallest absolute Gasteiger partial charge is 0.365 e. The Hall–Kier alpha value is -2.16. The minimum absolute atomic E-state index is 0.247. The van der Waals surface area contributed by atoms with Crippen molar-refractivity contribution < 1.29 is 18.0 Å². The molecule has 0 atom stereocenters. The van der Waals surface area contributed by atoms with E-state index < -0.39 is 17.6 Å². The van der Waals surface area contributed by atoms with Gasteiger partial charge in [0.05, 0.1) is 17.8 Å². The van der Waals surface area contributed by atoms with Crippen LogP contribution in [0.15, 0.2) is 18.3 Å². The first-order valence-electron chi connectivity index (χ1n) is 5.80. The van der Waals surface area contributed by atoms with Gasteiger partial charge in [0.15, 0.2) is 0 Å². The second-order valence-corrected chi connectivity index (χ2v) is 5.25. The third kappa shape index (κ3) is 3.69. The summed E-state index contributed by atoms with van der Waals surface area (Å²) in [6.45, 7) is 1.91. The number of hydrogen-bond donors (Lipinski definition) is 2. The van der Waals surface area contributed by atoms with Gasteiger partial charge >= 0.3 is 6.18 Å². The summed E-state index contributed by atoms with van der Waals surface area (Å²) in [5.74, 6) is -0.264. The van der Waals surface area contributed by atoms with Crippen LogP contribution in [0.3, 0.4) is 0 Å². The van der Waals surface area contributed by atoms with Gasteiger partial charge < -0.3 is 11.1 Å². The van der Waals surface area contributed by atoms with E-state index in [0.717, 1.165) is 23.6 Å². The molecule has 0 unspecified atom stereocenters. The third-order valence-corrected chi connectivity index (χ3v) is 3.75. The molecule has 21 heavy (non-hydrogen) atoms. The Morgan fingerprint density at radius 3 is 2.62 bits per heavy atom. The van der Waals surface area contributed by atoms with Crippen LogP contribution in [0.2, 0.25) is 0 Å². The number of halogens is 3. The highest BCUT2D eigenvalue weighted by molar-refractivity contribution is 7.13. The van der Waals surface area contributed by atoms with Crippen LogP contribution in [0, 0.1) is 6.92 Å². The van der Waals surface area contributed by atoms with Crippen molar-refractivity contribution in [2.75, 3.05) is 5.32 Å². The maximum Gasteiger partial charge on any atom is 0.417 e. The topological polar surface area (TPSA) is 80.9 Å². The number of primary amides is 1. The molecule has 2 aromatic rings. The SMILES string of the molecule is Cc1nc(CNc2ccc(C(F)(F)F)cn2)sc1C(N)=O. The van der Waals surface area contributed by atoms with Gasteiger partial charge in [0.2, 0.25) is 0 Å². The molecule has 2 heterocycles.